The summed E-state index contributed by atoms with van der Waals surface area (Å²) in [5, 5.41) is 3.54. The maximum absolute atomic E-state index is 4.56. The highest BCUT2D eigenvalue weighted by molar-refractivity contribution is 5.68. The van der Waals surface area contributed by atoms with E-state index in [4.69, 9.17) is 0 Å². The molecular weight excluding hydrogens is 214 g/mol. The average molecular weight is 231 g/mol. The molecule has 1 fully saturated rings. The molecule has 2 aromatic rings. The molecule has 5 heteroatoms. The van der Waals surface area contributed by atoms with Crippen LogP contribution in [-0.4, -0.2) is 26.5 Å². The van der Waals surface area contributed by atoms with Crippen LogP contribution >= 0.6 is 0 Å². The van der Waals surface area contributed by atoms with Crippen molar-refractivity contribution in [1.29, 1.82) is 0 Å². The van der Waals surface area contributed by atoms with Gasteiger partial charge in [0.2, 0.25) is 0 Å². The second-order valence-electron chi connectivity index (χ2n) is 5.36. The number of nitrogens with one attached hydrogen (secondary N) is 2. The molecule has 0 aromatic carbocycles. The highest BCUT2D eigenvalue weighted by atomic mass is 15.1. The first-order chi connectivity index (χ1) is 8.17. The molecule has 3 heterocycles. The fraction of sp³-hybridized carbons (Fsp3) is 0.583. The van der Waals surface area contributed by atoms with Crippen LogP contribution in [0.25, 0.3) is 11.2 Å². The SMILES string of the molecule is CC1(C)CCCNC1c1nc2ncncc2[nH]1. The first kappa shape index (κ1) is 10.7. The van der Waals surface area contributed by atoms with Gasteiger partial charge in [0.1, 0.15) is 17.7 Å². The predicted octanol–water partition coefficient (Wildman–Crippen LogP) is 1.80. The van der Waals surface area contributed by atoms with Gasteiger partial charge in [-0.15, -0.1) is 0 Å². The zero-order valence-corrected chi connectivity index (χ0v) is 10.2. The van der Waals surface area contributed by atoms with Gasteiger partial charge in [-0.3, -0.25) is 0 Å². The van der Waals surface area contributed by atoms with Gasteiger partial charge < -0.3 is 10.3 Å². The molecule has 1 atom stereocenters. The van der Waals surface area contributed by atoms with Crippen molar-refractivity contribution in [2.75, 3.05) is 6.54 Å². The molecular formula is C12H17N5. The molecule has 17 heavy (non-hydrogen) atoms. The van der Waals surface area contributed by atoms with Crippen molar-refractivity contribution >= 4 is 11.2 Å². The lowest BCUT2D eigenvalue weighted by atomic mass is 9.77. The Hall–Kier alpha value is -1.49. The number of H-pyrrole nitrogens is 1. The number of hydrogen-bond donors (Lipinski definition) is 2. The van der Waals surface area contributed by atoms with E-state index in [2.05, 4.69) is 39.1 Å². The molecule has 5 nitrogen and oxygen atoms in total. The van der Waals surface area contributed by atoms with Crippen molar-refractivity contribution in [3.63, 3.8) is 0 Å². The minimum Gasteiger partial charge on any atom is -0.338 e. The maximum Gasteiger partial charge on any atom is 0.180 e. The van der Waals surface area contributed by atoms with Gasteiger partial charge in [0.05, 0.1) is 12.2 Å². The summed E-state index contributed by atoms with van der Waals surface area (Å²) >= 11 is 0. The third-order valence-corrected chi connectivity index (χ3v) is 3.58. The van der Waals surface area contributed by atoms with Gasteiger partial charge in [0.15, 0.2) is 5.65 Å². The Kier molecular flexibility index (Phi) is 2.36. The molecule has 0 aliphatic carbocycles. The number of aromatic amines is 1. The van der Waals surface area contributed by atoms with Gasteiger partial charge in [0.25, 0.3) is 0 Å². The molecule has 0 radical (unpaired) electrons. The maximum atomic E-state index is 4.56. The standard InChI is InChI=1S/C12H17N5/c1-12(2)4-3-5-14-9(12)11-16-8-6-13-7-15-10(8)17-11/h6-7,9,14H,3-5H2,1-2H3,(H,13,15,16,17). The molecule has 0 spiro atoms. The van der Waals surface area contributed by atoms with Crippen molar-refractivity contribution in [2.45, 2.75) is 32.7 Å². The van der Waals surface area contributed by atoms with Crippen LogP contribution in [0.2, 0.25) is 0 Å². The van der Waals surface area contributed by atoms with Crippen molar-refractivity contribution in [3.8, 4) is 0 Å². The van der Waals surface area contributed by atoms with Crippen LogP contribution in [-0.2, 0) is 0 Å². The predicted molar refractivity (Wildman–Crippen MR) is 65.4 cm³/mol. The number of piperidine rings is 1. The Balaban J connectivity index is 2.02. The first-order valence-corrected chi connectivity index (χ1v) is 6.06. The molecule has 0 saturated carbocycles. The summed E-state index contributed by atoms with van der Waals surface area (Å²) in [5.74, 6) is 0.977. The van der Waals surface area contributed by atoms with E-state index >= 15 is 0 Å². The van der Waals surface area contributed by atoms with Crippen molar-refractivity contribution < 1.29 is 0 Å². The Labute approximate surface area is 100 Å². The van der Waals surface area contributed by atoms with E-state index in [1.54, 1.807) is 6.20 Å². The fourth-order valence-electron chi connectivity index (χ4n) is 2.59. The minimum absolute atomic E-state index is 0.222. The smallest absolute Gasteiger partial charge is 0.180 e. The van der Waals surface area contributed by atoms with Crippen molar-refractivity contribution in [2.24, 2.45) is 5.41 Å². The lowest BCUT2D eigenvalue weighted by Crippen LogP contribution is -2.40. The summed E-state index contributed by atoms with van der Waals surface area (Å²) in [4.78, 5) is 16.1. The molecule has 1 unspecified atom stereocenters. The van der Waals surface area contributed by atoms with E-state index < -0.39 is 0 Å². The van der Waals surface area contributed by atoms with Gasteiger partial charge in [-0.2, -0.15) is 0 Å². The lowest BCUT2D eigenvalue weighted by Gasteiger charge is -2.38. The molecule has 0 amide bonds. The van der Waals surface area contributed by atoms with Crippen LogP contribution in [0.4, 0.5) is 0 Å². The van der Waals surface area contributed by atoms with Gasteiger partial charge in [-0.25, -0.2) is 15.0 Å². The lowest BCUT2D eigenvalue weighted by molar-refractivity contribution is 0.175. The Morgan fingerprint density at radius 1 is 1.41 bits per heavy atom. The summed E-state index contributed by atoms with van der Waals surface area (Å²) in [6.07, 6.45) is 5.75. The normalized spacial score (nSPS) is 24.0. The monoisotopic (exact) mass is 231 g/mol. The highest BCUT2D eigenvalue weighted by Crippen LogP contribution is 2.39. The zero-order chi connectivity index (χ0) is 11.9. The van der Waals surface area contributed by atoms with Crippen LogP contribution in [0.15, 0.2) is 12.5 Å². The largest absolute Gasteiger partial charge is 0.338 e. The van der Waals surface area contributed by atoms with Gasteiger partial charge >= 0.3 is 0 Å². The van der Waals surface area contributed by atoms with Gasteiger partial charge in [-0.1, -0.05) is 13.8 Å². The number of rotatable bonds is 1. The van der Waals surface area contributed by atoms with Gasteiger partial charge in [0, 0.05) is 0 Å². The van der Waals surface area contributed by atoms with Crippen LogP contribution in [0.5, 0.6) is 0 Å². The second-order valence-corrected chi connectivity index (χ2v) is 5.36. The van der Waals surface area contributed by atoms with E-state index in [9.17, 15) is 0 Å². The number of hydrogen-bond acceptors (Lipinski definition) is 4. The number of nitrogens with zero attached hydrogens (tertiary/aromatic N) is 3. The molecule has 2 N–H and O–H groups in total. The zero-order valence-electron chi connectivity index (χ0n) is 10.2. The summed E-state index contributed by atoms with van der Waals surface area (Å²) in [6.45, 7) is 5.61. The summed E-state index contributed by atoms with van der Waals surface area (Å²) in [7, 11) is 0. The van der Waals surface area contributed by atoms with Crippen LogP contribution < -0.4 is 5.32 Å². The number of fused-ring (bicyclic) bond motifs is 1. The summed E-state index contributed by atoms with van der Waals surface area (Å²) in [6, 6.07) is 0.269. The van der Waals surface area contributed by atoms with Crippen molar-refractivity contribution in [1.82, 2.24) is 25.3 Å². The molecule has 1 saturated heterocycles. The first-order valence-electron chi connectivity index (χ1n) is 6.06. The molecule has 1 aliphatic rings. The fourth-order valence-corrected chi connectivity index (χ4v) is 2.59. The molecule has 3 rings (SSSR count). The summed E-state index contributed by atoms with van der Waals surface area (Å²) in [5.41, 5.74) is 1.88. The van der Waals surface area contributed by atoms with Gasteiger partial charge in [-0.05, 0) is 24.8 Å². The third kappa shape index (κ3) is 1.80. The van der Waals surface area contributed by atoms with Crippen LogP contribution in [0, 0.1) is 5.41 Å². The second kappa shape index (κ2) is 3.77. The third-order valence-electron chi connectivity index (χ3n) is 3.58. The molecule has 0 bridgehead atoms. The van der Waals surface area contributed by atoms with E-state index in [0.29, 0.717) is 0 Å². The van der Waals surface area contributed by atoms with E-state index in [1.807, 2.05) is 0 Å². The average Bonchev–Trinajstić information content (AvgIpc) is 2.71. The highest BCUT2D eigenvalue weighted by Gasteiger charge is 2.35. The number of aromatic nitrogens is 4. The topological polar surface area (TPSA) is 66.5 Å². The van der Waals surface area contributed by atoms with E-state index in [1.165, 1.54) is 19.2 Å². The van der Waals surface area contributed by atoms with E-state index in [0.717, 1.165) is 23.5 Å². The Bertz CT molecular complexity index is 497. The quantitative estimate of drug-likeness (QED) is 0.785. The van der Waals surface area contributed by atoms with E-state index in [-0.39, 0.29) is 11.5 Å². The van der Waals surface area contributed by atoms with Crippen LogP contribution in [0.1, 0.15) is 38.6 Å². The minimum atomic E-state index is 0.222. The van der Waals surface area contributed by atoms with Crippen LogP contribution in [0.3, 0.4) is 0 Å². The molecule has 90 valence electrons. The Morgan fingerprint density at radius 2 is 2.29 bits per heavy atom. The summed E-state index contributed by atoms with van der Waals surface area (Å²) < 4.78 is 0. The number of imidazole rings is 1. The molecule has 1 aliphatic heterocycles. The Morgan fingerprint density at radius 3 is 3.06 bits per heavy atom. The van der Waals surface area contributed by atoms with Crippen molar-refractivity contribution in [3.05, 3.63) is 18.3 Å². The molecule has 2 aromatic heterocycles.